The van der Waals surface area contributed by atoms with Gasteiger partial charge < -0.3 is 58.5 Å². The van der Waals surface area contributed by atoms with Gasteiger partial charge in [0.2, 0.25) is 6.79 Å². The van der Waals surface area contributed by atoms with Crippen LogP contribution in [0.3, 0.4) is 0 Å². The van der Waals surface area contributed by atoms with Crippen LogP contribution in [0.2, 0.25) is 0 Å². The van der Waals surface area contributed by atoms with Crippen molar-refractivity contribution in [2.24, 2.45) is 0 Å². The summed E-state index contributed by atoms with van der Waals surface area (Å²) in [6.45, 7) is -0.145. The molecule has 7 atom stereocenters. The Morgan fingerprint density at radius 2 is 1.77 bits per heavy atom. The van der Waals surface area contributed by atoms with Crippen LogP contribution in [0, 0.1) is 0 Å². The fraction of sp³-hybridized carbons (Fsp3) is 0.500. The number of fused-ring (bicyclic) bond motifs is 6. The molecule has 1 saturated heterocycles. The van der Waals surface area contributed by atoms with Crippen LogP contribution >= 0.6 is 0 Å². The Bertz CT molecular complexity index is 1350. The highest BCUT2D eigenvalue weighted by Crippen LogP contribution is 2.54. The average Bonchev–Trinajstić information content (AvgIpc) is 3.59. The minimum absolute atomic E-state index is 0.00182. The Hall–Kier alpha value is -3.86. The van der Waals surface area contributed by atoms with Crippen molar-refractivity contribution in [3.05, 3.63) is 41.5 Å². The number of carbonyl (C=O) groups excluding carboxylic acids is 1. The van der Waals surface area contributed by atoms with Gasteiger partial charge in [-0.15, -0.1) is 0 Å². The summed E-state index contributed by atoms with van der Waals surface area (Å²) in [7, 11) is 0. The molecule has 4 aliphatic heterocycles. The van der Waals surface area contributed by atoms with Gasteiger partial charge in [0.15, 0.2) is 29.6 Å². The van der Waals surface area contributed by atoms with Crippen LogP contribution in [-0.4, -0.2) is 96.3 Å². The van der Waals surface area contributed by atoms with Crippen molar-refractivity contribution in [1.29, 1.82) is 0 Å². The van der Waals surface area contributed by atoms with Crippen molar-refractivity contribution in [3.8, 4) is 28.7 Å². The Morgan fingerprint density at radius 1 is 0.953 bits per heavy atom. The highest BCUT2D eigenvalue weighted by Gasteiger charge is 2.48. The summed E-state index contributed by atoms with van der Waals surface area (Å²) in [5.41, 5.74) is 1.63. The molecular weight excluding hydrogens is 576 g/mol. The minimum atomic E-state index is -1.74. The van der Waals surface area contributed by atoms with E-state index in [1.165, 1.54) is 0 Å². The van der Waals surface area contributed by atoms with Crippen LogP contribution < -0.4 is 23.8 Å². The molecule has 232 valence electrons. The first-order valence-corrected chi connectivity index (χ1v) is 13.6. The summed E-state index contributed by atoms with van der Waals surface area (Å²) in [4.78, 5) is 33.4. The van der Waals surface area contributed by atoms with Gasteiger partial charge in [-0.2, -0.15) is 4.89 Å². The fourth-order valence-electron chi connectivity index (χ4n) is 5.38. The number of carbonyl (C=O) groups is 2. The van der Waals surface area contributed by atoms with Crippen molar-refractivity contribution in [2.45, 2.75) is 55.6 Å². The smallest absolute Gasteiger partial charge is 0.317 e. The maximum Gasteiger partial charge on any atom is 0.317 e. The van der Waals surface area contributed by atoms with E-state index in [4.69, 9.17) is 53.1 Å². The van der Waals surface area contributed by atoms with Gasteiger partial charge in [-0.05, 0) is 30.7 Å². The lowest BCUT2D eigenvalue weighted by Crippen LogP contribution is -2.60. The minimum Gasteiger partial charge on any atom is -0.492 e. The van der Waals surface area contributed by atoms with Gasteiger partial charge in [0.25, 0.3) is 0 Å². The summed E-state index contributed by atoms with van der Waals surface area (Å²) in [5, 5.41) is 39.5. The number of benzene rings is 2. The zero-order chi connectivity index (χ0) is 30.1. The predicted molar refractivity (Wildman–Crippen MR) is 138 cm³/mol. The van der Waals surface area contributed by atoms with Gasteiger partial charge in [0.1, 0.15) is 48.9 Å². The van der Waals surface area contributed by atoms with Crippen LogP contribution in [0.5, 0.6) is 28.7 Å². The largest absolute Gasteiger partial charge is 0.492 e. The quantitative estimate of drug-likeness (QED) is 0.0909. The van der Waals surface area contributed by atoms with E-state index in [1.807, 2.05) is 6.07 Å². The van der Waals surface area contributed by atoms with Gasteiger partial charge in [-0.1, -0.05) is 0 Å². The van der Waals surface area contributed by atoms with E-state index in [0.29, 0.717) is 35.2 Å². The summed E-state index contributed by atoms with van der Waals surface area (Å²) < 4.78 is 39.3. The number of rotatable bonds is 11. The third-order valence-electron chi connectivity index (χ3n) is 7.44. The molecule has 4 aliphatic rings. The monoisotopic (exact) mass is 606 g/mol. The highest BCUT2D eigenvalue weighted by atomic mass is 17.2. The zero-order valence-electron chi connectivity index (χ0n) is 22.7. The van der Waals surface area contributed by atoms with E-state index in [1.54, 1.807) is 24.3 Å². The molecule has 0 aliphatic carbocycles. The molecule has 15 heteroatoms. The molecule has 4 heterocycles. The molecule has 2 aromatic rings. The standard InChI is InChI=1S/C28H30O15/c29-4-1-5-35-26-21(11-37-23(32)9-22(30)31)41-28(34)27(24(26)33)43-42-13-2-3-17-15(6-13)25-16(10-36-17)14-7-19-20(39-12-38-19)8-18(14)40-25/h2-3,6-8,16,21,24-29,33-34H,1,4-5,9-12H2,(H,30,31)/t16-,21-,24+,25-,26-,27-,28-/m1/s1. The van der Waals surface area contributed by atoms with E-state index < -0.39 is 55.7 Å². The first-order chi connectivity index (χ1) is 20.8. The third kappa shape index (κ3) is 6.00. The SMILES string of the molecule is O=C(O)CC(=O)OC[C@H]1O[C@@H](O)[C@H](OOc2ccc3c(c2)[C@H]2Oc4cc5c(cc4[C@H]2CO3)OCO5)[C@@H](O)[C@@H]1OCCCO. The lowest BCUT2D eigenvalue weighted by molar-refractivity contribution is -0.368. The number of esters is 1. The number of hydrogen-bond acceptors (Lipinski definition) is 14. The van der Waals surface area contributed by atoms with E-state index in [-0.39, 0.29) is 44.2 Å². The summed E-state index contributed by atoms with van der Waals surface area (Å²) in [5.74, 6) is 0.215. The van der Waals surface area contributed by atoms with E-state index in [2.05, 4.69) is 0 Å². The summed E-state index contributed by atoms with van der Waals surface area (Å²) >= 11 is 0. The van der Waals surface area contributed by atoms with E-state index in [9.17, 15) is 19.8 Å². The number of carboxylic acid groups (broad SMARTS) is 1. The Labute approximate surface area is 244 Å². The highest BCUT2D eigenvalue weighted by molar-refractivity contribution is 5.90. The summed E-state index contributed by atoms with van der Waals surface area (Å²) in [6, 6.07) is 8.63. The Morgan fingerprint density at radius 3 is 2.56 bits per heavy atom. The Kier molecular flexibility index (Phi) is 8.43. The fourth-order valence-corrected chi connectivity index (χ4v) is 5.38. The number of aliphatic hydroxyl groups excluding tert-OH is 3. The maximum atomic E-state index is 11.7. The van der Waals surface area contributed by atoms with Crippen LogP contribution in [0.15, 0.2) is 30.3 Å². The molecule has 4 N–H and O–H groups in total. The Balaban J connectivity index is 1.12. The molecule has 0 saturated carbocycles. The number of carboxylic acids is 1. The van der Waals surface area contributed by atoms with Crippen molar-refractivity contribution in [3.63, 3.8) is 0 Å². The molecule has 0 aromatic heterocycles. The third-order valence-corrected chi connectivity index (χ3v) is 7.44. The lowest BCUT2D eigenvalue weighted by Gasteiger charge is -2.41. The molecule has 0 spiro atoms. The molecule has 6 rings (SSSR count). The second-order valence-electron chi connectivity index (χ2n) is 10.3. The molecule has 15 nitrogen and oxygen atoms in total. The van der Waals surface area contributed by atoms with E-state index >= 15 is 0 Å². The van der Waals surface area contributed by atoms with Gasteiger partial charge >= 0.3 is 11.9 Å². The molecule has 1 fully saturated rings. The normalized spacial score (nSPS) is 28.1. The summed E-state index contributed by atoms with van der Waals surface area (Å²) in [6.07, 6.45) is -8.10. The van der Waals surface area contributed by atoms with Gasteiger partial charge in [-0.25, -0.2) is 0 Å². The molecule has 0 unspecified atom stereocenters. The lowest BCUT2D eigenvalue weighted by atomic mass is 9.89. The number of aliphatic carboxylic acids is 1. The van der Waals surface area contributed by atoms with Gasteiger partial charge in [0.05, 0.1) is 12.5 Å². The van der Waals surface area contributed by atoms with Crippen molar-refractivity contribution < 1.29 is 72.9 Å². The molecule has 2 aromatic carbocycles. The average molecular weight is 607 g/mol. The molecule has 43 heavy (non-hydrogen) atoms. The zero-order valence-corrected chi connectivity index (χ0v) is 22.7. The van der Waals surface area contributed by atoms with Crippen LogP contribution in [0.25, 0.3) is 0 Å². The van der Waals surface area contributed by atoms with Crippen LogP contribution in [0.1, 0.15) is 36.0 Å². The molecule has 0 bridgehead atoms. The number of hydrogen-bond donors (Lipinski definition) is 4. The molecule has 0 radical (unpaired) electrons. The van der Waals surface area contributed by atoms with Crippen LogP contribution in [-0.2, 0) is 28.7 Å². The first kappa shape index (κ1) is 29.2. The van der Waals surface area contributed by atoms with Crippen LogP contribution in [0.4, 0.5) is 0 Å². The number of ether oxygens (including phenoxy) is 7. The molecule has 0 amide bonds. The van der Waals surface area contributed by atoms with Gasteiger partial charge in [0, 0.05) is 30.4 Å². The van der Waals surface area contributed by atoms with Crippen molar-refractivity contribution >= 4 is 11.9 Å². The van der Waals surface area contributed by atoms with Gasteiger partial charge in [-0.3, -0.25) is 9.59 Å². The predicted octanol–water partition coefficient (Wildman–Crippen LogP) is 0.568. The topological polar surface area (TPSA) is 198 Å². The second-order valence-corrected chi connectivity index (χ2v) is 10.3. The first-order valence-electron chi connectivity index (χ1n) is 13.6. The van der Waals surface area contributed by atoms with Crippen molar-refractivity contribution in [1.82, 2.24) is 0 Å². The van der Waals surface area contributed by atoms with Crippen molar-refractivity contribution in [2.75, 3.05) is 33.2 Å². The van der Waals surface area contributed by atoms with E-state index in [0.717, 1.165) is 5.56 Å². The maximum absolute atomic E-state index is 11.7. The number of aliphatic hydroxyl groups is 3. The molecular formula is C28H30O15. The second kappa shape index (κ2) is 12.4.